The smallest absolute Gasteiger partial charge is 0.366 e. The molecule has 0 radical (unpaired) electrons. The van der Waals surface area contributed by atoms with Crippen molar-refractivity contribution in [3.8, 4) is 0 Å². The summed E-state index contributed by atoms with van der Waals surface area (Å²) < 4.78 is 38.8. The van der Waals surface area contributed by atoms with E-state index in [1.807, 2.05) is 0 Å². The Morgan fingerprint density at radius 1 is 1.23 bits per heavy atom. The maximum absolute atomic E-state index is 11.2. The van der Waals surface area contributed by atoms with Gasteiger partial charge in [0.05, 0.1) is 0 Å². The van der Waals surface area contributed by atoms with Crippen molar-refractivity contribution < 1.29 is 21.7 Å². The third-order valence-corrected chi connectivity index (χ3v) is 7.27. The van der Waals surface area contributed by atoms with Crippen LogP contribution < -0.4 is 0 Å². The van der Waals surface area contributed by atoms with Crippen molar-refractivity contribution in [1.82, 2.24) is 0 Å². The van der Waals surface area contributed by atoms with E-state index in [1.54, 1.807) is 0 Å². The lowest BCUT2D eigenvalue weighted by molar-refractivity contribution is 0.148. The molecule has 76 valence electrons. The van der Waals surface area contributed by atoms with Gasteiger partial charge in [-0.1, -0.05) is 0 Å². The van der Waals surface area contributed by atoms with Gasteiger partial charge in [-0.15, -0.1) is 0 Å². The Labute approximate surface area is 76.1 Å². The van der Waals surface area contributed by atoms with Gasteiger partial charge >= 0.3 is 7.95 Å². The van der Waals surface area contributed by atoms with Crippen molar-refractivity contribution in [1.29, 1.82) is 0 Å². The topological polar surface area (TPSA) is 111 Å². The number of azide groups is 1. The Morgan fingerprint density at radius 3 is 1.85 bits per heavy atom. The van der Waals surface area contributed by atoms with Gasteiger partial charge < -0.3 is 13.3 Å². The fourth-order valence-electron chi connectivity index (χ4n) is 0.664. The van der Waals surface area contributed by atoms with Crippen LogP contribution in [0.3, 0.4) is 0 Å². The molecular weight excluding hydrogens is 218 g/mol. The van der Waals surface area contributed by atoms with Crippen LogP contribution in [-0.2, 0) is 22.8 Å². The molecule has 0 atom stereocenters. The highest BCUT2D eigenvalue weighted by atomic mass is 32.4. The van der Waals surface area contributed by atoms with Crippen LogP contribution >= 0.6 is 0 Å². The van der Waals surface area contributed by atoms with Gasteiger partial charge in [-0.3, -0.25) is 0 Å². The van der Waals surface area contributed by atoms with Gasteiger partial charge in [-0.05, 0) is 5.53 Å². The third kappa shape index (κ3) is 2.18. The zero-order valence-electron chi connectivity index (χ0n) is 7.29. The van der Waals surface area contributed by atoms with E-state index in [2.05, 4.69) is 22.7 Å². The summed E-state index contributed by atoms with van der Waals surface area (Å²) in [4.78, 5) is 2.15. The molecule has 0 saturated carbocycles. The van der Waals surface area contributed by atoms with Crippen LogP contribution in [0.5, 0.6) is 0 Å². The van der Waals surface area contributed by atoms with Gasteiger partial charge in [-0.25, -0.2) is 8.42 Å². The van der Waals surface area contributed by atoms with Gasteiger partial charge in [0.1, 0.15) is 0 Å². The molecule has 0 fully saturated rings. The molecule has 0 spiro atoms. The summed E-state index contributed by atoms with van der Waals surface area (Å²) in [6, 6.07) is 0. The van der Waals surface area contributed by atoms with Gasteiger partial charge in [0.15, 0.2) is 0 Å². The van der Waals surface area contributed by atoms with Gasteiger partial charge in [-0.2, -0.15) is 0 Å². The molecule has 0 aliphatic rings. The minimum absolute atomic E-state index is 1.10. The van der Waals surface area contributed by atoms with Crippen LogP contribution in [0.2, 0.25) is 0 Å². The molecule has 0 N–H and O–H groups in total. The highest BCUT2D eigenvalue weighted by Crippen LogP contribution is 2.16. The standard InChI is InChI=1S/C3H9N3O5SSi/c1-9-13(10-2,11-3)12(7,8)6-5-4/h1-3H3. The van der Waals surface area contributed by atoms with E-state index in [1.165, 1.54) is 0 Å². The molecule has 0 aromatic rings. The molecule has 0 bridgehead atoms. The Kier molecular flexibility index (Phi) is 4.33. The van der Waals surface area contributed by atoms with Crippen molar-refractivity contribution in [3.63, 3.8) is 0 Å². The van der Waals surface area contributed by atoms with Gasteiger partial charge in [0.25, 0.3) is 9.47 Å². The van der Waals surface area contributed by atoms with E-state index < -0.39 is 17.4 Å². The first-order chi connectivity index (χ1) is 5.99. The second-order valence-corrected chi connectivity index (χ2v) is 8.14. The summed E-state index contributed by atoms with van der Waals surface area (Å²) in [5.74, 6) is 0. The Hall–Kier alpha value is -0.643. The van der Waals surface area contributed by atoms with Crippen LogP contribution in [0.15, 0.2) is 4.52 Å². The summed E-state index contributed by atoms with van der Waals surface area (Å²) >= 11 is 0. The first-order valence-electron chi connectivity index (χ1n) is 2.96. The average molecular weight is 227 g/mol. The Balaban J connectivity index is 5.29. The normalized spacial score (nSPS) is 12.2. The number of hydrogen-bond donors (Lipinski definition) is 0. The van der Waals surface area contributed by atoms with Crippen LogP contribution in [0, 0.1) is 0 Å². The number of nitrogens with zero attached hydrogens (tertiary/aromatic N) is 3. The maximum Gasteiger partial charge on any atom is 0.644 e. The van der Waals surface area contributed by atoms with Gasteiger partial charge in [0.2, 0.25) is 0 Å². The van der Waals surface area contributed by atoms with E-state index >= 15 is 0 Å². The fraction of sp³-hybridized carbons (Fsp3) is 1.00. The highest BCUT2D eigenvalue weighted by molar-refractivity contribution is 8.18. The molecule has 0 aliphatic carbocycles. The fourth-order valence-corrected chi connectivity index (χ4v) is 4.30. The molecule has 8 nitrogen and oxygen atoms in total. The predicted molar refractivity (Wildman–Crippen MR) is 44.8 cm³/mol. The summed E-state index contributed by atoms with van der Waals surface area (Å²) in [5.41, 5.74) is 7.99. The molecular formula is C3H9N3O5SSi. The Morgan fingerprint density at radius 2 is 1.62 bits per heavy atom. The lowest BCUT2D eigenvalue weighted by atomic mass is 11.8. The summed E-state index contributed by atoms with van der Waals surface area (Å²) in [7, 11) is -4.82. The van der Waals surface area contributed by atoms with Crippen molar-refractivity contribution in [2.24, 2.45) is 4.52 Å². The molecule has 0 amide bonds. The Bertz CT molecular complexity index is 297. The molecule has 0 aromatic carbocycles. The van der Waals surface area contributed by atoms with E-state index in [0.717, 1.165) is 21.3 Å². The molecule has 0 unspecified atom stereocenters. The van der Waals surface area contributed by atoms with Crippen molar-refractivity contribution in [2.45, 2.75) is 0 Å². The van der Waals surface area contributed by atoms with E-state index in [-0.39, 0.29) is 0 Å². The zero-order valence-corrected chi connectivity index (χ0v) is 9.11. The van der Waals surface area contributed by atoms with Crippen LogP contribution in [0.1, 0.15) is 0 Å². The minimum atomic E-state index is -4.20. The lowest BCUT2D eigenvalue weighted by Gasteiger charge is -2.20. The molecule has 0 rings (SSSR count). The maximum atomic E-state index is 11.2. The van der Waals surface area contributed by atoms with Crippen LogP contribution in [0.25, 0.3) is 10.4 Å². The molecule has 0 aliphatic heterocycles. The second kappa shape index (κ2) is 4.55. The zero-order chi connectivity index (χ0) is 10.5. The minimum Gasteiger partial charge on any atom is -0.366 e. The summed E-state index contributed by atoms with van der Waals surface area (Å²) in [6.07, 6.45) is 0. The van der Waals surface area contributed by atoms with Crippen LogP contribution in [-0.4, -0.2) is 37.7 Å². The summed E-state index contributed by atoms with van der Waals surface area (Å²) in [6.45, 7) is 0. The van der Waals surface area contributed by atoms with Gasteiger partial charge in [0, 0.05) is 30.8 Å². The van der Waals surface area contributed by atoms with Crippen molar-refractivity contribution >= 4 is 17.4 Å². The summed E-state index contributed by atoms with van der Waals surface area (Å²) in [5, 5.41) is 0. The van der Waals surface area contributed by atoms with Crippen LogP contribution in [0.4, 0.5) is 0 Å². The van der Waals surface area contributed by atoms with Crippen molar-refractivity contribution in [2.75, 3.05) is 21.3 Å². The monoisotopic (exact) mass is 227 g/mol. The molecule has 0 heterocycles. The molecule has 10 heteroatoms. The van der Waals surface area contributed by atoms with E-state index in [4.69, 9.17) is 5.53 Å². The third-order valence-electron chi connectivity index (χ3n) is 1.21. The predicted octanol–water partition coefficient (Wildman–Crippen LogP) is 0.00130. The second-order valence-electron chi connectivity index (χ2n) is 1.76. The quantitative estimate of drug-likeness (QED) is 0.284. The molecule has 13 heavy (non-hydrogen) atoms. The largest absolute Gasteiger partial charge is 0.644 e. The first kappa shape index (κ1) is 12.4. The molecule has 0 aromatic heterocycles. The molecule has 0 saturated heterocycles. The average Bonchev–Trinajstić information content (AvgIpc) is 2.07. The highest BCUT2D eigenvalue weighted by Gasteiger charge is 2.54. The lowest BCUT2D eigenvalue weighted by Crippen LogP contribution is -2.50. The number of rotatable bonds is 5. The van der Waals surface area contributed by atoms with E-state index in [0.29, 0.717) is 0 Å². The number of hydrogen-bond acceptors (Lipinski definition) is 5. The van der Waals surface area contributed by atoms with Crippen molar-refractivity contribution in [3.05, 3.63) is 10.4 Å². The van der Waals surface area contributed by atoms with E-state index in [9.17, 15) is 8.42 Å². The first-order valence-corrected chi connectivity index (χ1v) is 6.85. The SMILES string of the molecule is CO[Si](OC)(OC)S(=O)(=O)N=[N+]=[N-].